The number of hydrogen-bond donors (Lipinski definition) is 2. The molecule has 1 fully saturated rings. The summed E-state index contributed by atoms with van der Waals surface area (Å²) in [6.07, 6.45) is 5.32. The maximum atomic E-state index is 11.7. The van der Waals surface area contributed by atoms with Gasteiger partial charge >= 0.3 is 5.97 Å². The van der Waals surface area contributed by atoms with Gasteiger partial charge in [-0.3, -0.25) is 9.52 Å². The van der Waals surface area contributed by atoms with E-state index in [1.165, 1.54) is 12.8 Å². The third-order valence-electron chi connectivity index (χ3n) is 2.73. The molecular weight excluding hydrogens is 210 g/mol. The van der Waals surface area contributed by atoms with Crippen LogP contribution >= 0.6 is 12.8 Å². The summed E-state index contributed by atoms with van der Waals surface area (Å²) in [5.41, 5.74) is 0. The Balaban J connectivity index is 2.34. The lowest BCUT2D eigenvalue weighted by Gasteiger charge is -2.19. The van der Waals surface area contributed by atoms with Gasteiger partial charge in [0.25, 0.3) is 0 Å². The molecule has 0 radical (unpaired) electrons. The predicted molar refractivity (Wildman–Crippen MR) is 63.7 cm³/mol. The molecule has 4 heteroatoms. The Morgan fingerprint density at radius 1 is 1.47 bits per heavy atom. The first-order valence-corrected chi connectivity index (χ1v) is 6.18. The van der Waals surface area contributed by atoms with Gasteiger partial charge in [0.2, 0.25) is 0 Å². The molecule has 0 aromatic rings. The van der Waals surface area contributed by atoms with Crippen molar-refractivity contribution in [2.75, 3.05) is 0 Å². The number of carbonyl (C=O) groups is 1. The van der Waals surface area contributed by atoms with Gasteiger partial charge in [-0.2, -0.15) is 0 Å². The van der Waals surface area contributed by atoms with Crippen molar-refractivity contribution < 1.29 is 9.53 Å². The van der Waals surface area contributed by atoms with E-state index >= 15 is 0 Å². The average Bonchev–Trinajstić information content (AvgIpc) is 2.66. The Bertz CT molecular complexity index is 203. The first-order valence-electron chi connectivity index (χ1n) is 5.73. The standard InChI is InChI=1S/C11H21NO2S/c1-8(2)7-10(12-15)11(13)14-9-5-3-4-6-9/h8-10,12,15H,3-7H2,1-2H3/t10-/m0/s1. The highest BCUT2D eigenvalue weighted by molar-refractivity contribution is 7.78. The molecule has 0 aromatic heterocycles. The van der Waals surface area contributed by atoms with E-state index in [1.54, 1.807) is 0 Å². The van der Waals surface area contributed by atoms with Crippen LogP contribution in [0.2, 0.25) is 0 Å². The van der Waals surface area contributed by atoms with E-state index in [0.29, 0.717) is 5.92 Å². The molecule has 0 heterocycles. The zero-order valence-corrected chi connectivity index (χ0v) is 10.4. The highest BCUT2D eigenvalue weighted by Crippen LogP contribution is 2.22. The summed E-state index contributed by atoms with van der Waals surface area (Å²) < 4.78 is 8.14. The third-order valence-corrected chi connectivity index (χ3v) is 3.04. The Labute approximate surface area is 97.5 Å². The molecule has 88 valence electrons. The maximum absolute atomic E-state index is 11.7. The molecule has 15 heavy (non-hydrogen) atoms. The monoisotopic (exact) mass is 231 g/mol. The van der Waals surface area contributed by atoms with Crippen molar-refractivity contribution in [3.63, 3.8) is 0 Å². The van der Waals surface area contributed by atoms with Crippen LogP contribution in [-0.2, 0) is 9.53 Å². The van der Waals surface area contributed by atoms with Gasteiger partial charge in [-0.1, -0.05) is 26.7 Å². The topological polar surface area (TPSA) is 38.3 Å². The first-order chi connectivity index (χ1) is 7.13. The molecule has 0 aliphatic heterocycles. The molecule has 3 nitrogen and oxygen atoms in total. The molecule has 0 saturated heterocycles. The van der Waals surface area contributed by atoms with Crippen LogP contribution in [-0.4, -0.2) is 18.1 Å². The minimum absolute atomic E-state index is 0.147. The average molecular weight is 231 g/mol. The number of ether oxygens (including phenoxy) is 1. The van der Waals surface area contributed by atoms with Gasteiger partial charge in [0.1, 0.15) is 12.1 Å². The lowest BCUT2D eigenvalue weighted by molar-refractivity contribution is -0.151. The summed E-state index contributed by atoms with van der Waals surface area (Å²) in [5, 5.41) is 0. The second kappa shape index (κ2) is 6.38. The quantitative estimate of drug-likeness (QED) is 0.563. The van der Waals surface area contributed by atoms with Crippen LogP contribution in [0.15, 0.2) is 0 Å². The molecular formula is C11H21NO2S. The van der Waals surface area contributed by atoms with E-state index in [1.807, 2.05) is 0 Å². The molecule has 1 saturated carbocycles. The normalized spacial score (nSPS) is 19.5. The zero-order valence-electron chi connectivity index (χ0n) is 9.53. The number of rotatable bonds is 5. The van der Waals surface area contributed by atoms with Crippen LogP contribution in [0.1, 0.15) is 46.0 Å². The molecule has 0 bridgehead atoms. The molecule has 0 spiro atoms. The van der Waals surface area contributed by atoms with Crippen LogP contribution < -0.4 is 4.72 Å². The third kappa shape index (κ3) is 4.43. The Morgan fingerprint density at radius 2 is 2.07 bits per heavy atom. The van der Waals surface area contributed by atoms with Crippen LogP contribution in [0.25, 0.3) is 0 Å². The highest BCUT2D eigenvalue weighted by atomic mass is 32.1. The maximum Gasteiger partial charge on any atom is 0.324 e. The largest absolute Gasteiger partial charge is 0.461 e. The van der Waals surface area contributed by atoms with E-state index in [2.05, 4.69) is 31.4 Å². The van der Waals surface area contributed by atoms with Crippen LogP contribution in [0, 0.1) is 5.92 Å². The van der Waals surface area contributed by atoms with Gasteiger partial charge in [-0.05, 0) is 38.0 Å². The van der Waals surface area contributed by atoms with Crippen molar-refractivity contribution in [2.24, 2.45) is 5.92 Å². The summed E-state index contributed by atoms with van der Waals surface area (Å²) in [4.78, 5) is 11.7. The smallest absolute Gasteiger partial charge is 0.324 e. The van der Waals surface area contributed by atoms with Crippen LogP contribution in [0.4, 0.5) is 0 Å². The lowest BCUT2D eigenvalue weighted by atomic mass is 10.0. The summed E-state index contributed by atoms with van der Waals surface area (Å²) >= 11 is 3.98. The number of carbonyl (C=O) groups excluding carboxylic acids is 1. The van der Waals surface area contributed by atoms with E-state index in [4.69, 9.17) is 4.74 Å². The number of nitrogens with one attached hydrogen (secondary N) is 1. The molecule has 1 rings (SSSR count). The van der Waals surface area contributed by atoms with Gasteiger partial charge in [0.15, 0.2) is 0 Å². The van der Waals surface area contributed by atoms with Crippen LogP contribution in [0.3, 0.4) is 0 Å². The summed E-state index contributed by atoms with van der Waals surface area (Å²) in [5.74, 6) is 0.316. The number of thiol groups is 1. The van der Waals surface area contributed by atoms with E-state index in [9.17, 15) is 4.79 Å². The molecule has 0 amide bonds. The molecule has 1 aliphatic rings. The van der Waals surface area contributed by atoms with Crippen molar-refractivity contribution in [3.8, 4) is 0 Å². The Kier molecular flexibility index (Phi) is 5.47. The Morgan fingerprint density at radius 3 is 2.53 bits per heavy atom. The van der Waals surface area contributed by atoms with Crippen molar-refractivity contribution in [1.29, 1.82) is 0 Å². The fourth-order valence-electron chi connectivity index (χ4n) is 1.93. The molecule has 1 aliphatic carbocycles. The van der Waals surface area contributed by atoms with Crippen LogP contribution in [0.5, 0.6) is 0 Å². The summed E-state index contributed by atoms with van der Waals surface area (Å²) in [6.45, 7) is 4.17. The Hall–Kier alpha value is -0.220. The van der Waals surface area contributed by atoms with Gasteiger partial charge in [-0.25, -0.2) is 0 Å². The fraction of sp³-hybridized carbons (Fsp3) is 0.909. The highest BCUT2D eigenvalue weighted by Gasteiger charge is 2.25. The van der Waals surface area contributed by atoms with Gasteiger partial charge in [0, 0.05) is 0 Å². The van der Waals surface area contributed by atoms with Gasteiger partial charge < -0.3 is 4.74 Å². The van der Waals surface area contributed by atoms with E-state index < -0.39 is 0 Å². The fourth-order valence-corrected chi connectivity index (χ4v) is 2.14. The second-order valence-electron chi connectivity index (χ2n) is 4.65. The van der Waals surface area contributed by atoms with Gasteiger partial charge in [-0.15, -0.1) is 0 Å². The number of hydrogen-bond acceptors (Lipinski definition) is 4. The predicted octanol–water partition coefficient (Wildman–Crippen LogP) is 2.32. The van der Waals surface area contributed by atoms with Crippen molar-refractivity contribution in [3.05, 3.63) is 0 Å². The SMILES string of the molecule is CC(C)C[C@H](NS)C(=O)OC1CCCC1. The van der Waals surface area contributed by atoms with Gasteiger partial charge in [0.05, 0.1) is 0 Å². The summed E-state index contributed by atoms with van der Waals surface area (Å²) in [6, 6.07) is -0.270. The zero-order chi connectivity index (χ0) is 11.3. The molecule has 1 N–H and O–H groups in total. The molecule has 0 unspecified atom stereocenters. The number of esters is 1. The lowest BCUT2D eigenvalue weighted by Crippen LogP contribution is -2.35. The van der Waals surface area contributed by atoms with Crippen molar-refractivity contribution in [2.45, 2.75) is 58.1 Å². The molecule has 1 atom stereocenters. The minimum Gasteiger partial charge on any atom is -0.461 e. The second-order valence-corrected chi connectivity index (χ2v) is 4.91. The van der Waals surface area contributed by atoms with Crippen molar-refractivity contribution >= 4 is 18.8 Å². The van der Waals surface area contributed by atoms with E-state index in [-0.39, 0.29) is 18.1 Å². The minimum atomic E-state index is -0.270. The van der Waals surface area contributed by atoms with E-state index in [0.717, 1.165) is 19.3 Å². The summed E-state index contributed by atoms with van der Waals surface area (Å²) in [7, 11) is 0. The molecule has 0 aromatic carbocycles. The first kappa shape index (κ1) is 12.8. The van der Waals surface area contributed by atoms with Crippen molar-refractivity contribution in [1.82, 2.24) is 4.72 Å².